The summed E-state index contributed by atoms with van der Waals surface area (Å²) in [6.45, 7) is 6.88. The van der Waals surface area contributed by atoms with E-state index in [4.69, 9.17) is 0 Å². The molecule has 0 saturated carbocycles. The van der Waals surface area contributed by atoms with Crippen LogP contribution in [0.5, 0.6) is 0 Å². The molecule has 1 saturated heterocycles. The highest BCUT2D eigenvalue weighted by atomic mass is 79.9. The van der Waals surface area contributed by atoms with E-state index in [1.54, 1.807) is 4.90 Å². The third-order valence-corrected chi connectivity index (χ3v) is 3.84. The maximum atomic E-state index is 12.2. The van der Waals surface area contributed by atoms with Gasteiger partial charge < -0.3 is 10.2 Å². The molecule has 1 heterocycles. The number of amides is 2. The minimum Gasteiger partial charge on any atom is -0.351 e. The highest BCUT2D eigenvalue weighted by Gasteiger charge is 2.35. The standard InChI is InChI=1S/C16H21BrN2O2/c1-16(2,3)18-15(21)12-8-14(20)19(10-12)9-11-5-4-6-13(17)7-11/h4-7,12H,8-10H2,1-3H3,(H,18,21)/t12-/m0/s1. The van der Waals surface area contributed by atoms with Gasteiger partial charge in [0.25, 0.3) is 0 Å². The van der Waals surface area contributed by atoms with Gasteiger partial charge in [-0.25, -0.2) is 0 Å². The molecule has 1 aromatic rings. The molecule has 114 valence electrons. The number of benzene rings is 1. The number of carbonyl (C=O) groups is 2. The van der Waals surface area contributed by atoms with Crippen LogP contribution in [0.1, 0.15) is 32.8 Å². The number of nitrogens with one attached hydrogen (secondary N) is 1. The van der Waals surface area contributed by atoms with Crippen molar-refractivity contribution in [1.29, 1.82) is 0 Å². The second-order valence-electron chi connectivity index (χ2n) is 6.54. The number of likely N-dealkylation sites (tertiary alicyclic amines) is 1. The fourth-order valence-electron chi connectivity index (χ4n) is 2.43. The Morgan fingerprint density at radius 2 is 2.14 bits per heavy atom. The molecule has 0 radical (unpaired) electrons. The Bertz CT molecular complexity index is 551. The van der Waals surface area contributed by atoms with Gasteiger partial charge in [0, 0.05) is 29.5 Å². The fraction of sp³-hybridized carbons (Fsp3) is 0.500. The van der Waals surface area contributed by atoms with Crippen LogP contribution in [0.2, 0.25) is 0 Å². The fourth-order valence-corrected chi connectivity index (χ4v) is 2.87. The molecule has 0 aliphatic carbocycles. The summed E-state index contributed by atoms with van der Waals surface area (Å²) >= 11 is 3.43. The third-order valence-electron chi connectivity index (χ3n) is 3.35. The highest BCUT2D eigenvalue weighted by Crippen LogP contribution is 2.22. The van der Waals surface area contributed by atoms with Crippen LogP contribution in [0, 0.1) is 5.92 Å². The van der Waals surface area contributed by atoms with E-state index < -0.39 is 0 Å². The van der Waals surface area contributed by atoms with Crippen molar-refractivity contribution in [3.8, 4) is 0 Å². The molecule has 1 aromatic carbocycles. The van der Waals surface area contributed by atoms with Crippen LogP contribution >= 0.6 is 15.9 Å². The van der Waals surface area contributed by atoms with E-state index >= 15 is 0 Å². The van der Waals surface area contributed by atoms with Crippen molar-refractivity contribution >= 4 is 27.7 Å². The first kappa shape index (κ1) is 16.0. The van der Waals surface area contributed by atoms with Gasteiger partial charge in [-0.05, 0) is 38.5 Å². The number of rotatable bonds is 3. The molecule has 2 amide bonds. The first-order chi connectivity index (χ1) is 9.74. The Hall–Kier alpha value is -1.36. The molecule has 0 unspecified atom stereocenters. The van der Waals surface area contributed by atoms with Crippen molar-refractivity contribution < 1.29 is 9.59 Å². The van der Waals surface area contributed by atoms with E-state index in [1.165, 1.54) is 0 Å². The molecule has 1 N–H and O–H groups in total. The largest absolute Gasteiger partial charge is 0.351 e. The monoisotopic (exact) mass is 352 g/mol. The predicted molar refractivity (Wildman–Crippen MR) is 85.6 cm³/mol. The Morgan fingerprint density at radius 3 is 2.76 bits per heavy atom. The average Bonchev–Trinajstić information content (AvgIpc) is 2.69. The zero-order valence-electron chi connectivity index (χ0n) is 12.6. The van der Waals surface area contributed by atoms with Crippen molar-refractivity contribution in [3.05, 3.63) is 34.3 Å². The second-order valence-corrected chi connectivity index (χ2v) is 7.46. The van der Waals surface area contributed by atoms with Gasteiger partial charge in [0.05, 0.1) is 5.92 Å². The van der Waals surface area contributed by atoms with Crippen LogP contribution in [0.25, 0.3) is 0 Å². The summed E-state index contributed by atoms with van der Waals surface area (Å²) < 4.78 is 0.994. The molecule has 0 aromatic heterocycles. The minimum atomic E-state index is -0.266. The van der Waals surface area contributed by atoms with Crippen molar-refractivity contribution in [3.63, 3.8) is 0 Å². The van der Waals surface area contributed by atoms with E-state index in [0.717, 1.165) is 10.0 Å². The van der Waals surface area contributed by atoms with Crippen LogP contribution in [0.3, 0.4) is 0 Å². The van der Waals surface area contributed by atoms with Crippen LogP contribution in [-0.2, 0) is 16.1 Å². The molecule has 1 aliphatic rings. The van der Waals surface area contributed by atoms with Gasteiger partial charge in [0.1, 0.15) is 0 Å². The average molecular weight is 353 g/mol. The lowest BCUT2D eigenvalue weighted by molar-refractivity contribution is -0.129. The van der Waals surface area contributed by atoms with Gasteiger partial charge in [0.2, 0.25) is 11.8 Å². The lowest BCUT2D eigenvalue weighted by Crippen LogP contribution is -2.44. The molecule has 0 spiro atoms. The maximum Gasteiger partial charge on any atom is 0.225 e. The Labute approximate surface area is 134 Å². The summed E-state index contributed by atoms with van der Waals surface area (Å²) in [4.78, 5) is 26.0. The Kier molecular flexibility index (Phi) is 4.71. The normalized spacial score (nSPS) is 19.0. The summed E-state index contributed by atoms with van der Waals surface area (Å²) in [7, 11) is 0. The van der Waals surface area contributed by atoms with E-state index in [0.29, 0.717) is 19.5 Å². The Morgan fingerprint density at radius 1 is 1.43 bits per heavy atom. The zero-order valence-corrected chi connectivity index (χ0v) is 14.2. The van der Waals surface area contributed by atoms with Crippen LogP contribution in [0.4, 0.5) is 0 Å². The third kappa shape index (κ3) is 4.56. The molecule has 21 heavy (non-hydrogen) atoms. The zero-order chi connectivity index (χ0) is 15.6. The van der Waals surface area contributed by atoms with Crippen molar-refractivity contribution in [1.82, 2.24) is 10.2 Å². The van der Waals surface area contributed by atoms with Crippen molar-refractivity contribution in [2.24, 2.45) is 5.92 Å². The van der Waals surface area contributed by atoms with Gasteiger partial charge >= 0.3 is 0 Å². The lowest BCUT2D eigenvalue weighted by atomic mass is 10.0. The molecule has 1 fully saturated rings. The van der Waals surface area contributed by atoms with Crippen LogP contribution < -0.4 is 5.32 Å². The molecular weight excluding hydrogens is 332 g/mol. The van der Waals surface area contributed by atoms with Gasteiger partial charge in [0.15, 0.2) is 0 Å². The molecule has 1 aliphatic heterocycles. The summed E-state index contributed by atoms with van der Waals surface area (Å²) in [5.41, 5.74) is 0.798. The molecule has 4 nitrogen and oxygen atoms in total. The number of nitrogens with zero attached hydrogens (tertiary/aromatic N) is 1. The molecule has 0 bridgehead atoms. The van der Waals surface area contributed by atoms with Gasteiger partial charge in [-0.15, -0.1) is 0 Å². The summed E-state index contributed by atoms with van der Waals surface area (Å²) in [5, 5.41) is 2.95. The van der Waals surface area contributed by atoms with Crippen LogP contribution in [-0.4, -0.2) is 28.8 Å². The Balaban J connectivity index is 1.98. The maximum absolute atomic E-state index is 12.2. The summed E-state index contributed by atoms with van der Waals surface area (Å²) in [5.74, 6) is -0.236. The lowest BCUT2D eigenvalue weighted by Gasteiger charge is -2.23. The number of carbonyl (C=O) groups excluding carboxylic acids is 2. The SMILES string of the molecule is CC(C)(C)NC(=O)[C@H]1CC(=O)N(Cc2cccc(Br)c2)C1. The summed E-state index contributed by atoms with van der Waals surface area (Å²) in [6, 6.07) is 7.88. The number of halogens is 1. The molecule has 5 heteroatoms. The van der Waals surface area contributed by atoms with Crippen LogP contribution in [0.15, 0.2) is 28.7 Å². The topological polar surface area (TPSA) is 49.4 Å². The molecular formula is C16H21BrN2O2. The van der Waals surface area contributed by atoms with E-state index in [1.807, 2.05) is 45.0 Å². The first-order valence-electron chi connectivity index (χ1n) is 7.09. The predicted octanol–water partition coefficient (Wildman–Crippen LogP) is 2.71. The second kappa shape index (κ2) is 6.18. The molecule has 2 rings (SSSR count). The van der Waals surface area contributed by atoms with E-state index in [-0.39, 0.29) is 23.3 Å². The first-order valence-corrected chi connectivity index (χ1v) is 7.88. The van der Waals surface area contributed by atoms with Gasteiger partial charge in [-0.1, -0.05) is 28.1 Å². The minimum absolute atomic E-state index is 0.0346. The summed E-state index contributed by atoms with van der Waals surface area (Å²) in [6.07, 6.45) is 0.302. The van der Waals surface area contributed by atoms with Gasteiger partial charge in [-0.2, -0.15) is 0 Å². The van der Waals surface area contributed by atoms with Crippen molar-refractivity contribution in [2.45, 2.75) is 39.3 Å². The quantitative estimate of drug-likeness (QED) is 0.908. The number of hydrogen-bond donors (Lipinski definition) is 1. The molecule has 1 atom stereocenters. The smallest absolute Gasteiger partial charge is 0.225 e. The van der Waals surface area contributed by atoms with E-state index in [9.17, 15) is 9.59 Å². The van der Waals surface area contributed by atoms with Gasteiger partial charge in [-0.3, -0.25) is 9.59 Å². The highest BCUT2D eigenvalue weighted by molar-refractivity contribution is 9.10. The number of hydrogen-bond acceptors (Lipinski definition) is 2. The van der Waals surface area contributed by atoms with E-state index in [2.05, 4.69) is 21.2 Å². The van der Waals surface area contributed by atoms with Crippen molar-refractivity contribution in [2.75, 3.05) is 6.54 Å².